The topological polar surface area (TPSA) is 84.4 Å². The SMILES string of the molecule is CCN(Cc1ccccc1)C(=O)c1cc(Nc2ccc(C(=O)OC)cc2)ncn1. The summed E-state index contributed by atoms with van der Waals surface area (Å²) in [5.41, 5.74) is 2.55. The van der Waals surface area contributed by atoms with Crippen molar-refractivity contribution in [2.75, 3.05) is 19.0 Å². The Hall–Kier alpha value is -3.74. The molecule has 0 aliphatic rings. The van der Waals surface area contributed by atoms with E-state index in [0.29, 0.717) is 30.2 Å². The van der Waals surface area contributed by atoms with E-state index < -0.39 is 5.97 Å². The molecule has 1 N–H and O–H groups in total. The van der Waals surface area contributed by atoms with E-state index in [1.54, 1.807) is 35.2 Å². The van der Waals surface area contributed by atoms with E-state index in [2.05, 4.69) is 20.0 Å². The largest absolute Gasteiger partial charge is 0.465 e. The van der Waals surface area contributed by atoms with Gasteiger partial charge in [-0.2, -0.15) is 0 Å². The highest BCUT2D eigenvalue weighted by Gasteiger charge is 2.17. The Morgan fingerprint density at radius 3 is 2.41 bits per heavy atom. The number of hydrogen-bond donors (Lipinski definition) is 1. The molecule has 0 radical (unpaired) electrons. The number of anilines is 2. The third-order valence-corrected chi connectivity index (χ3v) is 4.35. The molecule has 1 amide bonds. The fourth-order valence-electron chi connectivity index (χ4n) is 2.79. The van der Waals surface area contributed by atoms with Gasteiger partial charge < -0.3 is 15.0 Å². The molecule has 0 aliphatic carbocycles. The molecule has 2 aromatic carbocycles. The van der Waals surface area contributed by atoms with Gasteiger partial charge in [-0.15, -0.1) is 0 Å². The number of nitrogens with one attached hydrogen (secondary N) is 1. The smallest absolute Gasteiger partial charge is 0.337 e. The lowest BCUT2D eigenvalue weighted by Crippen LogP contribution is -2.31. The molecule has 0 saturated carbocycles. The average Bonchev–Trinajstić information content (AvgIpc) is 2.78. The van der Waals surface area contributed by atoms with Crippen molar-refractivity contribution in [2.24, 2.45) is 0 Å². The third kappa shape index (κ3) is 5.16. The number of esters is 1. The first-order valence-electron chi connectivity index (χ1n) is 9.21. The first-order valence-corrected chi connectivity index (χ1v) is 9.21. The number of benzene rings is 2. The number of carbonyl (C=O) groups is 2. The maximum atomic E-state index is 12.9. The highest BCUT2D eigenvalue weighted by atomic mass is 16.5. The lowest BCUT2D eigenvalue weighted by atomic mass is 10.2. The summed E-state index contributed by atoms with van der Waals surface area (Å²) in [5.74, 6) is -0.0719. The normalized spacial score (nSPS) is 10.3. The fourth-order valence-corrected chi connectivity index (χ4v) is 2.79. The molecule has 0 unspecified atom stereocenters. The van der Waals surface area contributed by atoms with E-state index in [1.165, 1.54) is 13.4 Å². The van der Waals surface area contributed by atoms with Gasteiger partial charge in [0, 0.05) is 24.8 Å². The number of ether oxygens (including phenoxy) is 1. The maximum absolute atomic E-state index is 12.9. The van der Waals surface area contributed by atoms with Crippen LogP contribution in [0.1, 0.15) is 33.3 Å². The van der Waals surface area contributed by atoms with Crippen LogP contribution < -0.4 is 5.32 Å². The van der Waals surface area contributed by atoms with Crippen LogP contribution in [0.2, 0.25) is 0 Å². The maximum Gasteiger partial charge on any atom is 0.337 e. The second-order valence-corrected chi connectivity index (χ2v) is 6.29. The zero-order chi connectivity index (χ0) is 20.6. The lowest BCUT2D eigenvalue weighted by molar-refractivity contribution is 0.0600. The first kappa shape index (κ1) is 20.0. The highest BCUT2D eigenvalue weighted by molar-refractivity contribution is 5.93. The molecule has 7 heteroatoms. The second-order valence-electron chi connectivity index (χ2n) is 6.29. The molecule has 0 atom stereocenters. The number of amides is 1. The van der Waals surface area contributed by atoms with Crippen LogP contribution in [-0.2, 0) is 11.3 Å². The molecule has 148 valence electrons. The van der Waals surface area contributed by atoms with Gasteiger partial charge >= 0.3 is 5.97 Å². The Bertz CT molecular complexity index is 975. The van der Waals surface area contributed by atoms with Crippen LogP contribution in [0, 0.1) is 0 Å². The Morgan fingerprint density at radius 1 is 1.03 bits per heavy atom. The van der Waals surface area contributed by atoms with Crippen LogP contribution in [0.4, 0.5) is 11.5 Å². The molecule has 1 heterocycles. The van der Waals surface area contributed by atoms with Crippen molar-refractivity contribution in [3.8, 4) is 0 Å². The van der Waals surface area contributed by atoms with Crippen LogP contribution >= 0.6 is 0 Å². The van der Waals surface area contributed by atoms with Crippen LogP contribution in [-0.4, -0.2) is 40.4 Å². The van der Waals surface area contributed by atoms with Crippen molar-refractivity contribution in [1.29, 1.82) is 0 Å². The van der Waals surface area contributed by atoms with E-state index in [4.69, 9.17) is 0 Å². The van der Waals surface area contributed by atoms with Gasteiger partial charge in [0.1, 0.15) is 17.8 Å². The van der Waals surface area contributed by atoms with Gasteiger partial charge in [-0.3, -0.25) is 4.79 Å². The quantitative estimate of drug-likeness (QED) is 0.620. The Kier molecular flexibility index (Phi) is 6.52. The Balaban J connectivity index is 1.72. The summed E-state index contributed by atoms with van der Waals surface area (Å²) in [7, 11) is 1.34. The number of aromatic nitrogens is 2. The average molecular weight is 390 g/mol. The van der Waals surface area contributed by atoms with E-state index in [1.807, 2.05) is 37.3 Å². The van der Waals surface area contributed by atoms with Crippen molar-refractivity contribution in [3.63, 3.8) is 0 Å². The van der Waals surface area contributed by atoms with Crippen LogP contribution in [0.15, 0.2) is 67.0 Å². The van der Waals surface area contributed by atoms with E-state index in [0.717, 1.165) is 11.3 Å². The van der Waals surface area contributed by atoms with E-state index >= 15 is 0 Å². The van der Waals surface area contributed by atoms with Gasteiger partial charge in [-0.25, -0.2) is 14.8 Å². The third-order valence-electron chi connectivity index (χ3n) is 4.35. The van der Waals surface area contributed by atoms with Crippen LogP contribution in [0.3, 0.4) is 0 Å². The zero-order valence-electron chi connectivity index (χ0n) is 16.3. The summed E-state index contributed by atoms with van der Waals surface area (Å²) in [5, 5.41) is 3.12. The first-order chi connectivity index (χ1) is 14.1. The number of hydrogen-bond acceptors (Lipinski definition) is 6. The summed E-state index contributed by atoms with van der Waals surface area (Å²) in [6.45, 7) is 3.01. The lowest BCUT2D eigenvalue weighted by Gasteiger charge is -2.20. The van der Waals surface area contributed by atoms with Crippen molar-refractivity contribution >= 4 is 23.4 Å². The van der Waals surface area contributed by atoms with Gasteiger partial charge in [-0.1, -0.05) is 30.3 Å². The minimum absolute atomic E-state index is 0.164. The summed E-state index contributed by atoms with van der Waals surface area (Å²) in [4.78, 5) is 34.5. The van der Waals surface area contributed by atoms with Crippen LogP contribution in [0.25, 0.3) is 0 Å². The van der Waals surface area contributed by atoms with Crippen molar-refractivity contribution in [1.82, 2.24) is 14.9 Å². The number of rotatable bonds is 7. The zero-order valence-corrected chi connectivity index (χ0v) is 16.3. The van der Waals surface area contributed by atoms with Gasteiger partial charge in [-0.05, 0) is 36.8 Å². The van der Waals surface area contributed by atoms with E-state index in [-0.39, 0.29) is 5.91 Å². The van der Waals surface area contributed by atoms with E-state index in [9.17, 15) is 9.59 Å². The highest BCUT2D eigenvalue weighted by Crippen LogP contribution is 2.17. The Labute approximate surface area is 169 Å². The molecule has 0 bridgehead atoms. The summed E-state index contributed by atoms with van der Waals surface area (Å²) >= 11 is 0. The molecule has 0 spiro atoms. The molecule has 7 nitrogen and oxygen atoms in total. The minimum atomic E-state index is -0.399. The predicted octanol–water partition coefficient (Wildman–Crippen LogP) is 3.67. The summed E-state index contributed by atoms with van der Waals surface area (Å²) < 4.78 is 4.69. The van der Waals surface area contributed by atoms with Gasteiger partial charge in [0.2, 0.25) is 0 Å². The molecule has 3 aromatic rings. The second kappa shape index (κ2) is 9.45. The van der Waals surface area contributed by atoms with Crippen LogP contribution in [0.5, 0.6) is 0 Å². The molecule has 1 aromatic heterocycles. The molecular formula is C22H22N4O3. The van der Waals surface area contributed by atoms with Gasteiger partial charge in [0.25, 0.3) is 5.91 Å². The summed E-state index contributed by atoms with van der Waals surface area (Å²) in [6.07, 6.45) is 1.36. The molecular weight excluding hydrogens is 368 g/mol. The molecule has 3 rings (SSSR count). The molecule has 0 saturated heterocycles. The van der Waals surface area contributed by atoms with Gasteiger partial charge in [0.15, 0.2) is 0 Å². The molecule has 29 heavy (non-hydrogen) atoms. The minimum Gasteiger partial charge on any atom is -0.465 e. The predicted molar refractivity (Wildman–Crippen MR) is 110 cm³/mol. The van der Waals surface area contributed by atoms with Crippen molar-refractivity contribution < 1.29 is 14.3 Å². The standard InChI is InChI=1S/C22H22N4O3/c1-3-26(14-16-7-5-4-6-8-16)21(27)19-13-20(24-15-23-19)25-18-11-9-17(10-12-18)22(28)29-2/h4-13,15H,3,14H2,1-2H3,(H,23,24,25). The number of methoxy groups -OCH3 is 1. The molecule has 0 aliphatic heterocycles. The summed E-state index contributed by atoms with van der Waals surface area (Å²) in [6, 6.07) is 18.2. The number of carbonyl (C=O) groups excluding carboxylic acids is 2. The Morgan fingerprint density at radius 2 is 1.76 bits per heavy atom. The van der Waals surface area contributed by atoms with Crippen molar-refractivity contribution in [3.05, 3.63) is 83.8 Å². The fraction of sp³-hybridized carbons (Fsp3) is 0.182. The van der Waals surface area contributed by atoms with Crippen molar-refractivity contribution in [2.45, 2.75) is 13.5 Å². The molecule has 0 fully saturated rings. The number of nitrogens with zero attached hydrogens (tertiary/aromatic N) is 3. The van der Waals surface area contributed by atoms with Gasteiger partial charge in [0.05, 0.1) is 12.7 Å². The monoisotopic (exact) mass is 390 g/mol.